The van der Waals surface area contributed by atoms with Gasteiger partial charge in [0.1, 0.15) is 23.3 Å². The molecule has 3 aromatic rings. The van der Waals surface area contributed by atoms with E-state index in [1.807, 2.05) is 6.92 Å². The molecule has 1 aliphatic heterocycles. The third kappa shape index (κ3) is 5.10. The van der Waals surface area contributed by atoms with E-state index in [1.165, 1.54) is 12.0 Å². The van der Waals surface area contributed by atoms with Gasteiger partial charge in [-0.1, -0.05) is 0 Å². The van der Waals surface area contributed by atoms with Gasteiger partial charge in [0, 0.05) is 11.4 Å². The fourth-order valence-corrected chi connectivity index (χ4v) is 3.96. The van der Waals surface area contributed by atoms with Gasteiger partial charge in [-0.25, -0.2) is 9.69 Å². The summed E-state index contributed by atoms with van der Waals surface area (Å²) in [5.74, 6) is 0.987. The average molecular weight is 490 g/mol. The van der Waals surface area contributed by atoms with Gasteiger partial charge in [-0.3, -0.25) is 14.5 Å². The van der Waals surface area contributed by atoms with Crippen molar-refractivity contribution < 1.29 is 28.6 Å². The second-order valence-electron chi connectivity index (χ2n) is 7.95. The minimum atomic E-state index is -1.03. The van der Waals surface area contributed by atoms with Crippen LogP contribution in [0.2, 0.25) is 0 Å². The number of hydrogen-bond donors (Lipinski definition) is 1. The fraction of sp³-hybridized carbons (Fsp3) is 0.222. The maximum Gasteiger partial charge on any atom is 0.336 e. The Morgan fingerprint density at radius 2 is 1.33 bits per heavy atom. The summed E-state index contributed by atoms with van der Waals surface area (Å²) in [5, 5.41) is 2.79. The maximum absolute atomic E-state index is 13.5. The molecular weight excluding hydrogens is 462 g/mol. The minimum Gasteiger partial charge on any atom is -0.497 e. The lowest BCUT2D eigenvalue weighted by atomic mass is 10.1. The number of carbonyl (C=O) groups is 3. The van der Waals surface area contributed by atoms with Crippen LogP contribution in [0.3, 0.4) is 0 Å². The Morgan fingerprint density at radius 3 is 1.86 bits per heavy atom. The fourth-order valence-electron chi connectivity index (χ4n) is 3.96. The molecule has 1 unspecified atom stereocenters. The Bertz CT molecular complexity index is 1230. The summed E-state index contributed by atoms with van der Waals surface area (Å²) in [6, 6.07) is 18.7. The molecule has 36 heavy (non-hydrogen) atoms. The lowest BCUT2D eigenvalue weighted by Gasteiger charge is -2.22. The van der Waals surface area contributed by atoms with Crippen LogP contribution in [0.4, 0.5) is 21.9 Å². The minimum absolute atomic E-state index is 0.226. The van der Waals surface area contributed by atoms with Gasteiger partial charge < -0.3 is 19.5 Å². The van der Waals surface area contributed by atoms with Gasteiger partial charge in [-0.05, 0) is 79.7 Å². The van der Waals surface area contributed by atoms with Crippen LogP contribution in [0, 0.1) is 0 Å². The van der Waals surface area contributed by atoms with E-state index in [0.29, 0.717) is 40.9 Å². The monoisotopic (exact) mass is 489 g/mol. The molecular formula is C27H27N3O6. The first-order valence-electron chi connectivity index (χ1n) is 11.4. The lowest BCUT2D eigenvalue weighted by molar-refractivity contribution is -0.122. The zero-order chi connectivity index (χ0) is 25.7. The van der Waals surface area contributed by atoms with Crippen molar-refractivity contribution in [1.82, 2.24) is 0 Å². The molecule has 0 radical (unpaired) electrons. The summed E-state index contributed by atoms with van der Waals surface area (Å²) in [6.45, 7) is 2.43. The Kier molecular flexibility index (Phi) is 7.39. The number of methoxy groups -OCH3 is 2. The number of imide groups is 1. The Balaban J connectivity index is 1.60. The largest absolute Gasteiger partial charge is 0.497 e. The Labute approximate surface area is 209 Å². The van der Waals surface area contributed by atoms with Crippen LogP contribution in [0.1, 0.15) is 13.3 Å². The summed E-state index contributed by atoms with van der Waals surface area (Å²) in [7, 11) is 3.07. The summed E-state index contributed by atoms with van der Waals surface area (Å²) < 4.78 is 15.8. The number of anilines is 3. The molecule has 0 aromatic heterocycles. The zero-order valence-corrected chi connectivity index (χ0v) is 20.3. The molecule has 1 heterocycles. The SMILES string of the molecule is CCOc1ccc(NC(=O)CC2C(=O)N(c3ccc(OC)cc3)C(=O)N2c2ccc(OC)cc2)cc1. The molecule has 9 nitrogen and oxygen atoms in total. The van der Waals surface area contributed by atoms with Gasteiger partial charge in [0.15, 0.2) is 0 Å². The smallest absolute Gasteiger partial charge is 0.336 e. The molecule has 0 spiro atoms. The number of urea groups is 1. The molecule has 1 fully saturated rings. The van der Waals surface area contributed by atoms with Crippen molar-refractivity contribution >= 4 is 34.9 Å². The predicted molar refractivity (Wildman–Crippen MR) is 136 cm³/mol. The molecule has 186 valence electrons. The van der Waals surface area contributed by atoms with Crippen LogP contribution in [0.5, 0.6) is 17.2 Å². The third-order valence-corrected chi connectivity index (χ3v) is 5.72. The number of rotatable bonds is 9. The Hall–Kier alpha value is -4.53. The van der Waals surface area contributed by atoms with Crippen molar-refractivity contribution in [3.8, 4) is 17.2 Å². The first-order chi connectivity index (χ1) is 17.4. The van der Waals surface area contributed by atoms with E-state index in [2.05, 4.69) is 5.32 Å². The van der Waals surface area contributed by atoms with E-state index < -0.39 is 23.9 Å². The number of nitrogens with zero attached hydrogens (tertiary/aromatic N) is 2. The van der Waals surface area contributed by atoms with Crippen LogP contribution in [0.25, 0.3) is 0 Å². The van der Waals surface area contributed by atoms with Gasteiger partial charge in [0.2, 0.25) is 5.91 Å². The molecule has 4 rings (SSSR count). The highest BCUT2D eigenvalue weighted by Gasteiger charge is 2.47. The number of nitrogens with one attached hydrogen (secondary N) is 1. The van der Waals surface area contributed by atoms with Crippen molar-refractivity contribution in [1.29, 1.82) is 0 Å². The molecule has 0 saturated carbocycles. The summed E-state index contributed by atoms with van der Waals surface area (Å²) in [5.41, 5.74) is 1.42. The maximum atomic E-state index is 13.5. The van der Waals surface area contributed by atoms with Gasteiger partial charge in [0.25, 0.3) is 5.91 Å². The highest BCUT2D eigenvalue weighted by molar-refractivity contribution is 6.29. The van der Waals surface area contributed by atoms with Crippen molar-refractivity contribution in [2.45, 2.75) is 19.4 Å². The van der Waals surface area contributed by atoms with Gasteiger partial charge in [0.05, 0.1) is 32.9 Å². The highest BCUT2D eigenvalue weighted by Crippen LogP contribution is 2.33. The summed E-state index contributed by atoms with van der Waals surface area (Å²) in [6.07, 6.45) is -0.226. The number of ether oxygens (including phenoxy) is 3. The molecule has 1 saturated heterocycles. The van der Waals surface area contributed by atoms with Crippen molar-refractivity contribution in [3.05, 3.63) is 72.8 Å². The summed E-state index contributed by atoms with van der Waals surface area (Å²) in [4.78, 5) is 42.4. The quantitative estimate of drug-likeness (QED) is 0.446. The average Bonchev–Trinajstić information content (AvgIpc) is 3.14. The van der Waals surface area contributed by atoms with Crippen molar-refractivity contribution in [2.24, 2.45) is 0 Å². The van der Waals surface area contributed by atoms with Gasteiger partial charge in [-0.2, -0.15) is 0 Å². The molecule has 0 aliphatic carbocycles. The molecule has 9 heteroatoms. The van der Waals surface area contributed by atoms with E-state index in [9.17, 15) is 14.4 Å². The third-order valence-electron chi connectivity index (χ3n) is 5.72. The van der Waals surface area contributed by atoms with E-state index in [0.717, 1.165) is 4.90 Å². The molecule has 3 aromatic carbocycles. The first kappa shape index (κ1) is 24.6. The van der Waals surface area contributed by atoms with Gasteiger partial charge in [-0.15, -0.1) is 0 Å². The Morgan fingerprint density at radius 1 is 0.806 bits per heavy atom. The molecule has 1 atom stereocenters. The molecule has 0 bridgehead atoms. The first-order valence-corrected chi connectivity index (χ1v) is 11.4. The van der Waals surface area contributed by atoms with E-state index in [4.69, 9.17) is 14.2 Å². The van der Waals surface area contributed by atoms with Crippen molar-refractivity contribution in [3.63, 3.8) is 0 Å². The zero-order valence-electron chi connectivity index (χ0n) is 20.3. The normalized spacial score (nSPS) is 15.1. The van der Waals surface area contributed by atoms with Crippen molar-refractivity contribution in [2.75, 3.05) is 35.9 Å². The van der Waals surface area contributed by atoms with Crippen LogP contribution < -0.4 is 29.3 Å². The standard InChI is InChI=1S/C27H27N3O6/c1-4-36-23-11-5-18(6-12-23)28-25(31)17-24-26(32)30(20-9-15-22(35-3)16-10-20)27(33)29(24)19-7-13-21(34-2)14-8-19/h5-16,24H,4,17H2,1-3H3,(H,28,31). The molecule has 4 amide bonds. The molecule has 1 N–H and O–H groups in total. The van der Waals surface area contributed by atoms with E-state index in [1.54, 1.807) is 79.9 Å². The predicted octanol–water partition coefficient (Wildman–Crippen LogP) is 4.47. The lowest BCUT2D eigenvalue weighted by Crippen LogP contribution is -2.38. The van der Waals surface area contributed by atoms with Crippen LogP contribution in [-0.2, 0) is 9.59 Å². The number of amides is 4. The highest BCUT2D eigenvalue weighted by atomic mass is 16.5. The van der Waals surface area contributed by atoms with Crippen LogP contribution >= 0.6 is 0 Å². The van der Waals surface area contributed by atoms with E-state index in [-0.39, 0.29) is 6.42 Å². The van der Waals surface area contributed by atoms with Gasteiger partial charge >= 0.3 is 6.03 Å². The second-order valence-corrected chi connectivity index (χ2v) is 7.95. The van der Waals surface area contributed by atoms with E-state index >= 15 is 0 Å². The summed E-state index contributed by atoms with van der Waals surface area (Å²) >= 11 is 0. The van der Waals surface area contributed by atoms with Crippen LogP contribution in [-0.4, -0.2) is 44.7 Å². The molecule has 1 aliphatic rings. The topological polar surface area (TPSA) is 97.4 Å². The van der Waals surface area contributed by atoms with Crippen LogP contribution in [0.15, 0.2) is 72.8 Å². The number of carbonyl (C=O) groups excluding carboxylic acids is 3. The number of benzene rings is 3. The number of hydrogen-bond acceptors (Lipinski definition) is 6. The second kappa shape index (κ2) is 10.8.